The molecule has 4 aliphatic rings. The van der Waals surface area contributed by atoms with Crippen molar-refractivity contribution in [1.82, 2.24) is 4.90 Å². The number of ether oxygens (including phenoxy) is 1. The number of hydrogen-bond acceptors (Lipinski definition) is 5. The molecule has 4 atom stereocenters. The van der Waals surface area contributed by atoms with Crippen molar-refractivity contribution in [2.45, 2.75) is 37.8 Å². The maximum absolute atomic E-state index is 13.8. The molecule has 6 nitrogen and oxygen atoms in total. The van der Waals surface area contributed by atoms with Gasteiger partial charge in [0.2, 0.25) is 17.6 Å². The van der Waals surface area contributed by atoms with Crippen LogP contribution < -0.4 is 0 Å². The minimum absolute atomic E-state index is 0.240. The number of carbonyl (C=O) groups is 4. The Balaban J connectivity index is 1.30. The second-order valence-electron chi connectivity index (χ2n) is 9.80. The van der Waals surface area contributed by atoms with Crippen molar-refractivity contribution in [3.63, 3.8) is 0 Å². The first kappa shape index (κ1) is 22.4. The number of ketones is 1. The summed E-state index contributed by atoms with van der Waals surface area (Å²) in [6, 6.07) is 23.4. The summed E-state index contributed by atoms with van der Waals surface area (Å²) < 4.78 is 5.45. The van der Waals surface area contributed by atoms with Crippen LogP contribution in [0.5, 0.6) is 0 Å². The largest absolute Gasteiger partial charge is 0.453 e. The van der Waals surface area contributed by atoms with Gasteiger partial charge in [0.1, 0.15) is 6.04 Å². The molecule has 2 bridgehead atoms. The molecule has 0 N–H and O–H groups in total. The number of carbonyl (C=O) groups excluding carboxylic acids is 4. The molecule has 3 aromatic carbocycles. The number of hydrogen-bond donors (Lipinski definition) is 0. The van der Waals surface area contributed by atoms with Gasteiger partial charge in [-0.3, -0.25) is 19.3 Å². The number of nitrogens with zero attached hydrogens (tertiary/aromatic N) is 1. The third-order valence-electron chi connectivity index (χ3n) is 7.93. The maximum atomic E-state index is 13.8. The van der Waals surface area contributed by atoms with Crippen LogP contribution in [-0.2, 0) is 19.1 Å². The van der Waals surface area contributed by atoms with E-state index >= 15 is 0 Å². The summed E-state index contributed by atoms with van der Waals surface area (Å²) in [6.07, 6.45) is -1.04. The lowest BCUT2D eigenvalue weighted by atomic mass is 9.55. The lowest BCUT2D eigenvalue weighted by molar-refractivity contribution is -0.159. The van der Waals surface area contributed by atoms with E-state index < -0.39 is 30.0 Å². The van der Waals surface area contributed by atoms with E-state index in [0.717, 1.165) is 27.2 Å². The van der Waals surface area contributed by atoms with Crippen LogP contribution in [0, 0.1) is 11.8 Å². The fourth-order valence-corrected chi connectivity index (χ4v) is 6.35. The van der Waals surface area contributed by atoms with Crippen LogP contribution in [0.4, 0.5) is 0 Å². The van der Waals surface area contributed by atoms with Crippen molar-refractivity contribution >= 4 is 23.6 Å². The molecule has 1 saturated heterocycles. The van der Waals surface area contributed by atoms with Gasteiger partial charge in [0.25, 0.3) is 0 Å². The molecule has 2 amide bonds. The predicted molar refractivity (Wildman–Crippen MR) is 131 cm³/mol. The number of rotatable bonds is 5. The van der Waals surface area contributed by atoms with Gasteiger partial charge >= 0.3 is 5.97 Å². The Hall–Kier alpha value is -4.06. The van der Waals surface area contributed by atoms with Crippen LogP contribution >= 0.6 is 0 Å². The normalized spacial score (nSPS) is 25.0. The zero-order chi connectivity index (χ0) is 25.1. The molecule has 3 aliphatic carbocycles. The Morgan fingerprint density at radius 2 is 1.11 bits per heavy atom. The second kappa shape index (κ2) is 8.26. The predicted octanol–water partition coefficient (Wildman–Crippen LogP) is 4.08. The molecule has 1 aliphatic heterocycles. The minimum atomic E-state index is -1.13. The summed E-state index contributed by atoms with van der Waals surface area (Å²) in [4.78, 5) is 54.4. The van der Waals surface area contributed by atoms with Crippen LogP contribution in [0.2, 0.25) is 0 Å². The van der Waals surface area contributed by atoms with Crippen molar-refractivity contribution in [1.29, 1.82) is 0 Å². The molecule has 180 valence electrons. The molecule has 1 heterocycles. The first-order chi connectivity index (χ1) is 17.4. The Kier molecular flexibility index (Phi) is 5.14. The number of esters is 1. The van der Waals surface area contributed by atoms with Gasteiger partial charge in [-0.25, -0.2) is 4.79 Å². The lowest BCUT2D eigenvalue weighted by Gasteiger charge is -2.45. The van der Waals surface area contributed by atoms with E-state index in [9.17, 15) is 19.2 Å². The monoisotopic (exact) mass is 479 g/mol. The maximum Gasteiger partial charge on any atom is 0.329 e. The van der Waals surface area contributed by atoms with Crippen LogP contribution in [0.25, 0.3) is 0 Å². The highest BCUT2D eigenvalue weighted by molar-refractivity contribution is 6.10. The topological polar surface area (TPSA) is 80.8 Å². The Labute approximate surface area is 208 Å². The molecule has 4 unspecified atom stereocenters. The van der Waals surface area contributed by atoms with E-state index in [0.29, 0.717) is 5.56 Å². The van der Waals surface area contributed by atoms with Crippen molar-refractivity contribution in [3.05, 3.63) is 107 Å². The summed E-state index contributed by atoms with van der Waals surface area (Å²) in [5, 5.41) is 0. The molecule has 7 rings (SSSR count). The lowest BCUT2D eigenvalue weighted by Crippen LogP contribution is -2.45. The third kappa shape index (κ3) is 3.10. The highest BCUT2D eigenvalue weighted by Crippen LogP contribution is 2.61. The zero-order valence-corrected chi connectivity index (χ0v) is 20.0. The Bertz CT molecular complexity index is 1300. The molecular weight excluding hydrogens is 454 g/mol. The highest BCUT2D eigenvalue weighted by atomic mass is 16.5. The molecule has 1 fully saturated rings. The molecule has 6 heteroatoms. The molecule has 0 aromatic heterocycles. The van der Waals surface area contributed by atoms with Crippen molar-refractivity contribution in [2.24, 2.45) is 11.8 Å². The van der Waals surface area contributed by atoms with Gasteiger partial charge < -0.3 is 4.74 Å². The number of benzene rings is 3. The first-order valence-electron chi connectivity index (χ1n) is 12.2. The Morgan fingerprint density at radius 1 is 0.694 bits per heavy atom. The summed E-state index contributed by atoms with van der Waals surface area (Å²) in [5.41, 5.74) is 4.72. The van der Waals surface area contributed by atoms with Crippen LogP contribution in [0.1, 0.15) is 58.3 Å². The van der Waals surface area contributed by atoms with E-state index in [1.54, 1.807) is 30.3 Å². The smallest absolute Gasteiger partial charge is 0.329 e. The molecule has 3 aromatic rings. The highest BCUT2D eigenvalue weighted by Gasteiger charge is 2.62. The summed E-state index contributed by atoms with van der Waals surface area (Å²) in [6.45, 7) is 3.00. The van der Waals surface area contributed by atoms with Crippen LogP contribution in [0.15, 0.2) is 78.9 Å². The summed E-state index contributed by atoms with van der Waals surface area (Å²) >= 11 is 0. The van der Waals surface area contributed by atoms with E-state index in [1.165, 1.54) is 13.8 Å². The van der Waals surface area contributed by atoms with Gasteiger partial charge in [-0.2, -0.15) is 0 Å². The summed E-state index contributed by atoms with van der Waals surface area (Å²) in [5.74, 6) is -3.42. The van der Waals surface area contributed by atoms with E-state index in [-0.39, 0.29) is 29.4 Å². The van der Waals surface area contributed by atoms with Crippen LogP contribution in [-0.4, -0.2) is 40.6 Å². The fraction of sp³-hybridized carbons (Fsp3) is 0.267. The van der Waals surface area contributed by atoms with Gasteiger partial charge in [0, 0.05) is 17.4 Å². The van der Waals surface area contributed by atoms with Crippen molar-refractivity contribution in [2.75, 3.05) is 0 Å². The van der Waals surface area contributed by atoms with Crippen LogP contribution in [0.3, 0.4) is 0 Å². The summed E-state index contributed by atoms with van der Waals surface area (Å²) in [7, 11) is 0. The molecular formula is C30H25NO5. The SMILES string of the molecule is CC(OC(=O)C(C)N1C(=O)C2C3c4ccccc4C(c4ccccc43)C2C1=O)C(=O)c1ccccc1. The number of likely N-dealkylation sites (tertiary alicyclic amines) is 1. The quantitative estimate of drug-likeness (QED) is 0.313. The second-order valence-corrected chi connectivity index (χ2v) is 9.80. The molecule has 36 heavy (non-hydrogen) atoms. The molecule has 0 saturated carbocycles. The Morgan fingerprint density at radius 3 is 1.56 bits per heavy atom. The molecule has 0 spiro atoms. The van der Waals surface area contributed by atoms with E-state index in [4.69, 9.17) is 4.74 Å². The van der Waals surface area contributed by atoms with Gasteiger partial charge in [-0.1, -0.05) is 78.9 Å². The van der Waals surface area contributed by atoms with Gasteiger partial charge in [-0.15, -0.1) is 0 Å². The van der Waals surface area contributed by atoms with Gasteiger partial charge in [0.05, 0.1) is 11.8 Å². The minimum Gasteiger partial charge on any atom is -0.453 e. The average Bonchev–Trinajstić information content (AvgIpc) is 3.18. The zero-order valence-electron chi connectivity index (χ0n) is 20.0. The average molecular weight is 480 g/mol. The van der Waals surface area contributed by atoms with Gasteiger partial charge in [0.15, 0.2) is 6.10 Å². The van der Waals surface area contributed by atoms with E-state index in [1.807, 2.05) is 48.5 Å². The van der Waals surface area contributed by atoms with Gasteiger partial charge in [-0.05, 0) is 36.1 Å². The number of Topliss-reactive ketones (excluding diaryl/α,β-unsaturated/α-hetero) is 1. The third-order valence-corrected chi connectivity index (χ3v) is 7.93. The van der Waals surface area contributed by atoms with Crippen molar-refractivity contribution in [3.8, 4) is 0 Å². The first-order valence-corrected chi connectivity index (χ1v) is 12.2. The molecule has 0 radical (unpaired) electrons. The number of amides is 2. The fourth-order valence-electron chi connectivity index (χ4n) is 6.35. The standard InChI is InChI=1S/C30H25NO5/c1-16(30(35)36-17(2)27(32)18-10-4-3-5-11-18)31-28(33)25-23-19-12-6-7-13-20(19)24(26(25)29(31)34)22-15-9-8-14-21(22)23/h3-17,23-26H,1-2H3. The number of imide groups is 1. The van der Waals surface area contributed by atoms with Crippen molar-refractivity contribution < 1.29 is 23.9 Å². The van der Waals surface area contributed by atoms with E-state index in [2.05, 4.69) is 0 Å².